The Balaban J connectivity index is 2.33. The van der Waals surface area contributed by atoms with Gasteiger partial charge in [-0.3, -0.25) is 4.79 Å². The van der Waals surface area contributed by atoms with E-state index in [0.29, 0.717) is 11.5 Å². The molecule has 1 aromatic carbocycles. The second-order valence-corrected chi connectivity index (χ2v) is 4.18. The zero-order valence-corrected chi connectivity index (χ0v) is 11.1. The Morgan fingerprint density at radius 3 is 2.79 bits per heavy atom. The number of hydrogen-bond donors (Lipinski definition) is 3. The highest BCUT2D eigenvalue weighted by Gasteiger charge is 2.11. The van der Waals surface area contributed by atoms with Crippen LogP contribution in [0.1, 0.15) is 6.92 Å². The molecule has 0 radical (unpaired) electrons. The molecule has 6 nitrogen and oxygen atoms in total. The molecule has 1 amide bonds. The van der Waals surface area contributed by atoms with Crippen molar-refractivity contribution in [1.29, 1.82) is 0 Å². The second kappa shape index (κ2) is 7.60. The number of primary amides is 1. The van der Waals surface area contributed by atoms with Crippen molar-refractivity contribution in [1.82, 2.24) is 5.32 Å². The maximum Gasteiger partial charge on any atom is 0.234 e. The molecule has 106 valence electrons. The summed E-state index contributed by atoms with van der Waals surface area (Å²) in [4.78, 5) is 10.8. The van der Waals surface area contributed by atoms with Gasteiger partial charge >= 0.3 is 0 Å². The summed E-state index contributed by atoms with van der Waals surface area (Å²) in [6.45, 7) is 1.98. The summed E-state index contributed by atoms with van der Waals surface area (Å²) < 4.78 is 10.5. The number of methoxy groups -OCH3 is 1. The van der Waals surface area contributed by atoms with E-state index in [9.17, 15) is 9.90 Å². The molecule has 4 N–H and O–H groups in total. The maximum atomic E-state index is 10.8. The summed E-state index contributed by atoms with van der Waals surface area (Å²) in [7, 11) is 1.57. The zero-order chi connectivity index (χ0) is 14.3. The summed E-state index contributed by atoms with van der Waals surface area (Å²) in [6.07, 6.45) is -0.729. The first-order valence-corrected chi connectivity index (χ1v) is 6.00. The molecule has 19 heavy (non-hydrogen) atoms. The largest absolute Gasteiger partial charge is 0.497 e. The maximum absolute atomic E-state index is 10.8. The summed E-state index contributed by atoms with van der Waals surface area (Å²) in [5.41, 5.74) is 5.09. The molecular weight excluding hydrogens is 248 g/mol. The van der Waals surface area contributed by atoms with Crippen molar-refractivity contribution in [2.45, 2.75) is 19.1 Å². The molecule has 1 aromatic rings. The number of hydrogen-bond acceptors (Lipinski definition) is 5. The van der Waals surface area contributed by atoms with Crippen LogP contribution in [0.15, 0.2) is 24.3 Å². The van der Waals surface area contributed by atoms with Gasteiger partial charge in [0.25, 0.3) is 0 Å². The van der Waals surface area contributed by atoms with Crippen molar-refractivity contribution in [3.63, 3.8) is 0 Å². The zero-order valence-electron chi connectivity index (χ0n) is 11.1. The van der Waals surface area contributed by atoms with Crippen LogP contribution in [0.5, 0.6) is 11.5 Å². The standard InChI is InChI=1S/C13H20N2O4/c1-9(13(14)17)15-7-10(16)8-19-12-5-3-4-11(6-12)18-2/h3-6,9-10,15-16H,7-8H2,1-2H3,(H2,14,17). The number of amides is 1. The highest BCUT2D eigenvalue weighted by molar-refractivity contribution is 5.79. The molecule has 0 saturated heterocycles. The van der Waals surface area contributed by atoms with E-state index < -0.39 is 18.1 Å². The third-order valence-corrected chi connectivity index (χ3v) is 2.57. The molecule has 0 bridgehead atoms. The second-order valence-electron chi connectivity index (χ2n) is 4.18. The Morgan fingerprint density at radius 2 is 2.16 bits per heavy atom. The van der Waals surface area contributed by atoms with Crippen LogP contribution in [0.3, 0.4) is 0 Å². The van der Waals surface area contributed by atoms with Crippen LogP contribution < -0.4 is 20.5 Å². The van der Waals surface area contributed by atoms with E-state index in [1.165, 1.54) is 0 Å². The predicted octanol–water partition coefficient (Wildman–Crippen LogP) is -0.102. The highest BCUT2D eigenvalue weighted by atomic mass is 16.5. The predicted molar refractivity (Wildman–Crippen MR) is 71.2 cm³/mol. The van der Waals surface area contributed by atoms with Gasteiger partial charge in [0, 0.05) is 12.6 Å². The van der Waals surface area contributed by atoms with Crippen molar-refractivity contribution < 1.29 is 19.4 Å². The van der Waals surface area contributed by atoms with Gasteiger partial charge in [-0.05, 0) is 19.1 Å². The topological polar surface area (TPSA) is 93.8 Å². The van der Waals surface area contributed by atoms with Crippen molar-refractivity contribution in [2.75, 3.05) is 20.3 Å². The van der Waals surface area contributed by atoms with E-state index in [2.05, 4.69) is 5.32 Å². The number of aliphatic hydroxyl groups is 1. The number of nitrogens with one attached hydrogen (secondary N) is 1. The quantitative estimate of drug-likeness (QED) is 0.612. The lowest BCUT2D eigenvalue weighted by molar-refractivity contribution is -0.119. The van der Waals surface area contributed by atoms with Gasteiger partial charge in [0.15, 0.2) is 0 Å². The molecule has 0 aromatic heterocycles. The van der Waals surface area contributed by atoms with Gasteiger partial charge in [-0.2, -0.15) is 0 Å². The lowest BCUT2D eigenvalue weighted by Gasteiger charge is -2.15. The number of nitrogens with two attached hydrogens (primary N) is 1. The van der Waals surface area contributed by atoms with Gasteiger partial charge in [0.1, 0.15) is 24.2 Å². The van der Waals surface area contributed by atoms with Crippen LogP contribution in [-0.4, -0.2) is 43.4 Å². The molecule has 0 aliphatic rings. The summed E-state index contributed by atoms with van der Waals surface area (Å²) >= 11 is 0. The van der Waals surface area contributed by atoms with Crippen LogP contribution >= 0.6 is 0 Å². The first-order valence-electron chi connectivity index (χ1n) is 6.00. The van der Waals surface area contributed by atoms with Crippen molar-refractivity contribution in [2.24, 2.45) is 5.73 Å². The molecular formula is C13H20N2O4. The minimum absolute atomic E-state index is 0.117. The normalized spacial score (nSPS) is 13.6. The van der Waals surface area contributed by atoms with Crippen LogP contribution in [0.25, 0.3) is 0 Å². The first kappa shape index (κ1) is 15.3. The Labute approximate surface area is 112 Å². The SMILES string of the molecule is COc1cccc(OCC(O)CNC(C)C(N)=O)c1. The number of carbonyl (C=O) groups excluding carboxylic acids is 1. The summed E-state index contributed by atoms with van der Waals surface area (Å²) in [5.74, 6) is 0.842. The van der Waals surface area contributed by atoms with Crippen molar-refractivity contribution in [3.05, 3.63) is 24.3 Å². The van der Waals surface area contributed by atoms with Crippen LogP contribution in [-0.2, 0) is 4.79 Å². The van der Waals surface area contributed by atoms with Gasteiger partial charge < -0.3 is 25.6 Å². The van der Waals surface area contributed by atoms with Crippen molar-refractivity contribution in [3.8, 4) is 11.5 Å². The molecule has 0 fully saturated rings. The van der Waals surface area contributed by atoms with Gasteiger partial charge in [0.2, 0.25) is 5.91 Å². The Hall–Kier alpha value is -1.79. The minimum atomic E-state index is -0.729. The first-order chi connectivity index (χ1) is 9.02. The number of ether oxygens (including phenoxy) is 2. The van der Waals surface area contributed by atoms with Gasteiger partial charge in [0.05, 0.1) is 13.2 Å². The molecule has 6 heteroatoms. The Kier molecular flexibility index (Phi) is 6.11. The number of aliphatic hydroxyl groups excluding tert-OH is 1. The summed E-state index contributed by atoms with van der Waals surface area (Å²) in [6, 6.07) is 6.63. The summed E-state index contributed by atoms with van der Waals surface area (Å²) in [5, 5.41) is 12.5. The monoisotopic (exact) mass is 268 g/mol. The smallest absolute Gasteiger partial charge is 0.234 e. The lowest BCUT2D eigenvalue weighted by atomic mass is 10.3. The van der Waals surface area contributed by atoms with E-state index in [-0.39, 0.29) is 13.2 Å². The van der Waals surface area contributed by atoms with Gasteiger partial charge in [-0.1, -0.05) is 6.07 Å². The molecule has 2 unspecified atom stereocenters. The third-order valence-electron chi connectivity index (χ3n) is 2.57. The van der Waals surface area contributed by atoms with Crippen LogP contribution in [0.2, 0.25) is 0 Å². The fraction of sp³-hybridized carbons (Fsp3) is 0.462. The number of rotatable bonds is 8. The fourth-order valence-corrected chi connectivity index (χ4v) is 1.36. The van der Waals surface area contributed by atoms with Crippen LogP contribution in [0, 0.1) is 0 Å². The van der Waals surface area contributed by atoms with E-state index in [4.69, 9.17) is 15.2 Å². The molecule has 0 saturated carbocycles. The molecule has 0 aliphatic carbocycles. The molecule has 2 atom stereocenters. The average molecular weight is 268 g/mol. The van der Waals surface area contributed by atoms with E-state index in [1.54, 1.807) is 38.3 Å². The van der Waals surface area contributed by atoms with E-state index >= 15 is 0 Å². The Bertz CT molecular complexity index is 411. The van der Waals surface area contributed by atoms with Crippen molar-refractivity contribution >= 4 is 5.91 Å². The van der Waals surface area contributed by atoms with Crippen LogP contribution in [0.4, 0.5) is 0 Å². The number of carbonyl (C=O) groups is 1. The third kappa shape index (κ3) is 5.58. The Morgan fingerprint density at radius 1 is 1.47 bits per heavy atom. The molecule has 0 aliphatic heterocycles. The average Bonchev–Trinajstić information content (AvgIpc) is 2.42. The van der Waals surface area contributed by atoms with Gasteiger partial charge in [-0.15, -0.1) is 0 Å². The minimum Gasteiger partial charge on any atom is -0.497 e. The van der Waals surface area contributed by atoms with E-state index in [0.717, 1.165) is 0 Å². The molecule has 1 rings (SSSR count). The fourth-order valence-electron chi connectivity index (χ4n) is 1.36. The molecule has 0 heterocycles. The number of benzene rings is 1. The lowest BCUT2D eigenvalue weighted by Crippen LogP contribution is -2.43. The highest BCUT2D eigenvalue weighted by Crippen LogP contribution is 2.18. The van der Waals surface area contributed by atoms with Gasteiger partial charge in [-0.25, -0.2) is 0 Å². The molecule has 0 spiro atoms. The van der Waals surface area contributed by atoms with E-state index in [1.807, 2.05) is 0 Å².